The summed E-state index contributed by atoms with van der Waals surface area (Å²) in [7, 11) is 1.38. The zero-order valence-electron chi connectivity index (χ0n) is 14.7. The number of carbonyl (C=O) groups excluding carboxylic acids is 1. The van der Waals surface area contributed by atoms with E-state index in [0.717, 1.165) is 11.8 Å². The molecule has 0 spiro atoms. The first-order valence-electron chi connectivity index (χ1n) is 7.96. The molecule has 1 amide bonds. The Hall–Kier alpha value is -2.54. The first-order chi connectivity index (χ1) is 12.3. The predicted octanol–water partition coefficient (Wildman–Crippen LogP) is 3.89. The van der Waals surface area contributed by atoms with Crippen LogP contribution in [-0.4, -0.2) is 29.3 Å². The number of methoxy groups -OCH3 is 1. The van der Waals surface area contributed by atoms with Crippen LogP contribution < -0.4 is 10.1 Å². The molecule has 5 nitrogen and oxygen atoms in total. The molecule has 0 fully saturated rings. The van der Waals surface area contributed by atoms with Gasteiger partial charge in [0.25, 0.3) is 5.91 Å². The Kier molecular flexibility index (Phi) is 6.63. The van der Waals surface area contributed by atoms with E-state index in [1.165, 1.54) is 19.2 Å². The van der Waals surface area contributed by atoms with Crippen LogP contribution in [0.15, 0.2) is 47.4 Å². The summed E-state index contributed by atoms with van der Waals surface area (Å²) in [5.74, 6) is -1.67. The zero-order chi connectivity index (χ0) is 19.3. The van der Waals surface area contributed by atoms with Gasteiger partial charge >= 0.3 is 5.97 Å². The van der Waals surface area contributed by atoms with Crippen LogP contribution >= 0.6 is 11.8 Å². The Morgan fingerprint density at radius 2 is 1.88 bits per heavy atom. The maximum atomic E-state index is 13.9. The lowest BCUT2D eigenvalue weighted by Crippen LogP contribution is -2.27. The van der Waals surface area contributed by atoms with Crippen molar-refractivity contribution in [1.29, 1.82) is 0 Å². The first kappa shape index (κ1) is 19.8. The third-order valence-corrected chi connectivity index (χ3v) is 4.97. The quantitative estimate of drug-likeness (QED) is 0.716. The van der Waals surface area contributed by atoms with E-state index in [4.69, 9.17) is 9.84 Å². The maximum absolute atomic E-state index is 13.9. The Labute approximate surface area is 155 Å². The largest absolute Gasteiger partial charge is 0.494 e. The van der Waals surface area contributed by atoms with Crippen molar-refractivity contribution in [3.05, 3.63) is 59.4 Å². The standard InChI is InChI=1S/C19H20FNO4S/c1-11(13-8-9-16(25-3)15(20)10-13)21-18(22)14-6-4-5-7-17(14)26-12(2)19(23)24/h4-12H,1-3H3,(H,21,22)(H,23,24). The molecule has 2 aromatic carbocycles. The summed E-state index contributed by atoms with van der Waals surface area (Å²) in [6.07, 6.45) is 0. The number of carbonyl (C=O) groups is 2. The summed E-state index contributed by atoms with van der Waals surface area (Å²) in [4.78, 5) is 24.3. The lowest BCUT2D eigenvalue weighted by Gasteiger charge is -2.17. The van der Waals surface area contributed by atoms with E-state index in [1.54, 1.807) is 44.2 Å². The van der Waals surface area contributed by atoms with E-state index < -0.39 is 23.1 Å². The third kappa shape index (κ3) is 4.76. The molecule has 2 unspecified atom stereocenters. The maximum Gasteiger partial charge on any atom is 0.316 e. The number of hydrogen-bond acceptors (Lipinski definition) is 4. The van der Waals surface area contributed by atoms with Gasteiger partial charge in [-0.05, 0) is 43.7 Å². The smallest absolute Gasteiger partial charge is 0.316 e. The monoisotopic (exact) mass is 377 g/mol. The number of nitrogens with one attached hydrogen (secondary N) is 1. The molecule has 0 saturated carbocycles. The average molecular weight is 377 g/mol. The number of carboxylic acids is 1. The molecule has 2 rings (SSSR count). The number of thioether (sulfide) groups is 1. The van der Waals surface area contributed by atoms with Gasteiger partial charge in [-0.1, -0.05) is 18.2 Å². The number of ether oxygens (including phenoxy) is 1. The van der Waals surface area contributed by atoms with E-state index >= 15 is 0 Å². The van der Waals surface area contributed by atoms with Gasteiger partial charge in [-0.2, -0.15) is 0 Å². The predicted molar refractivity (Wildman–Crippen MR) is 98.2 cm³/mol. The summed E-state index contributed by atoms with van der Waals surface area (Å²) in [6, 6.07) is 10.9. The number of halogens is 1. The Balaban J connectivity index is 2.17. The van der Waals surface area contributed by atoms with Crippen LogP contribution in [0.5, 0.6) is 5.75 Å². The van der Waals surface area contributed by atoms with Crippen molar-refractivity contribution in [2.45, 2.75) is 30.0 Å². The van der Waals surface area contributed by atoms with Gasteiger partial charge in [0.05, 0.1) is 18.7 Å². The van der Waals surface area contributed by atoms with Crippen LogP contribution in [0.2, 0.25) is 0 Å². The Morgan fingerprint density at radius 1 is 1.19 bits per heavy atom. The van der Waals surface area contributed by atoms with Crippen LogP contribution in [0, 0.1) is 5.82 Å². The molecule has 0 bridgehead atoms. The molecule has 0 aliphatic carbocycles. The van der Waals surface area contributed by atoms with Crippen molar-refractivity contribution in [2.75, 3.05) is 7.11 Å². The first-order valence-corrected chi connectivity index (χ1v) is 8.84. The second-order valence-electron chi connectivity index (χ2n) is 5.68. The lowest BCUT2D eigenvalue weighted by molar-refractivity contribution is -0.136. The highest BCUT2D eigenvalue weighted by atomic mass is 32.2. The number of aliphatic carboxylic acids is 1. The minimum Gasteiger partial charge on any atom is -0.494 e. The summed E-state index contributed by atoms with van der Waals surface area (Å²) < 4.78 is 18.7. The van der Waals surface area contributed by atoms with E-state index in [2.05, 4.69) is 5.32 Å². The molecule has 0 aliphatic rings. The van der Waals surface area contributed by atoms with E-state index in [1.807, 2.05) is 0 Å². The zero-order valence-corrected chi connectivity index (χ0v) is 15.5. The highest BCUT2D eigenvalue weighted by Crippen LogP contribution is 2.28. The van der Waals surface area contributed by atoms with Gasteiger partial charge in [-0.25, -0.2) is 4.39 Å². The fraction of sp³-hybridized carbons (Fsp3) is 0.263. The highest BCUT2D eigenvalue weighted by molar-refractivity contribution is 8.00. The van der Waals surface area contributed by atoms with Gasteiger partial charge in [0, 0.05) is 4.90 Å². The molecule has 7 heteroatoms. The van der Waals surface area contributed by atoms with Crippen molar-refractivity contribution in [2.24, 2.45) is 0 Å². The van der Waals surface area contributed by atoms with E-state index in [-0.39, 0.29) is 11.7 Å². The van der Waals surface area contributed by atoms with E-state index in [9.17, 15) is 14.0 Å². The van der Waals surface area contributed by atoms with Gasteiger partial charge in [0.1, 0.15) is 5.25 Å². The molecule has 0 radical (unpaired) electrons. The lowest BCUT2D eigenvalue weighted by atomic mass is 10.1. The Bertz CT molecular complexity index is 812. The van der Waals surface area contributed by atoms with Crippen LogP contribution in [0.1, 0.15) is 35.8 Å². The number of amides is 1. The molecule has 0 heterocycles. The minimum atomic E-state index is -0.952. The van der Waals surface area contributed by atoms with Crippen molar-refractivity contribution in [1.82, 2.24) is 5.32 Å². The van der Waals surface area contributed by atoms with Crippen molar-refractivity contribution in [3.63, 3.8) is 0 Å². The topological polar surface area (TPSA) is 75.6 Å². The van der Waals surface area contributed by atoms with Crippen molar-refractivity contribution < 1.29 is 23.8 Å². The summed E-state index contributed by atoms with van der Waals surface area (Å²) in [5, 5.41) is 11.2. The van der Waals surface area contributed by atoms with Crippen LogP contribution in [-0.2, 0) is 4.79 Å². The summed E-state index contributed by atoms with van der Waals surface area (Å²) in [5.41, 5.74) is 0.979. The van der Waals surface area contributed by atoms with Gasteiger partial charge in [-0.15, -0.1) is 11.8 Å². The van der Waals surface area contributed by atoms with E-state index in [0.29, 0.717) is 16.0 Å². The van der Waals surface area contributed by atoms with Gasteiger partial charge in [0.2, 0.25) is 0 Å². The number of rotatable bonds is 7. The molecule has 138 valence electrons. The SMILES string of the molecule is COc1ccc(C(C)NC(=O)c2ccccc2SC(C)C(=O)O)cc1F. The molecule has 2 aromatic rings. The normalized spacial score (nSPS) is 12.9. The fourth-order valence-electron chi connectivity index (χ4n) is 2.31. The highest BCUT2D eigenvalue weighted by Gasteiger charge is 2.19. The number of carboxylic acid groups (broad SMARTS) is 1. The molecule has 2 N–H and O–H groups in total. The fourth-order valence-corrected chi connectivity index (χ4v) is 3.23. The molecular formula is C19H20FNO4S. The average Bonchev–Trinajstić information content (AvgIpc) is 2.61. The van der Waals surface area contributed by atoms with Crippen LogP contribution in [0.4, 0.5) is 4.39 Å². The van der Waals surface area contributed by atoms with Gasteiger partial charge in [-0.3, -0.25) is 9.59 Å². The third-order valence-electron chi connectivity index (χ3n) is 3.81. The molecule has 0 aromatic heterocycles. The second-order valence-corrected chi connectivity index (χ2v) is 7.07. The number of hydrogen-bond donors (Lipinski definition) is 2. The number of benzene rings is 2. The molecule has 0 aliphatic heterocycles. The van der Waals surface area contributed by atoms with Crippen LogP contribution in [0.25, 0.3) is 0 Å². The molecule has 0 saturated heterocycles. The minimum absolute atomic E-state index is 0.136. The summed E-state index contributed by atoms with van der Waals surface area (Å²) >= 11 is 1.10. The van der Waals surface area contributed by atoms with Crippen LogP contribution in [0.3, 0.4) is 0 Å². The van der Waals surface area contributed by atoms with Crippen molar-refractivity contribution in [3.8, 4) is 5.75 Å². The van der Waals surface area contributed by atoms with Gasteiger partial charge < -0.3 is 15.2 Å². The molecule has 2 atom stereocenters. The Morgan fingerprint density at radius 3 is 2.50 bits per heavy atom. The summed E-state index contributed by atoms with van der Waals surface area (Å²) in [6.45, 7) is 3.30. The van der Waals surface area contributed by atoms with Gasteiger partial charge in [0.15, 0.2) is 11.6 Å². The molecule has 26 heavy (non-hydrogen) atoms. The molecular weight excluding hydrogens is 357 g/mol. The second kappa shape index (κ2) is 8.71. The van der Waals surface area contributed by atoms with Crippen molar-refractivity contribution >= 4 is 23.6 Å².